The standard InChI is InChI=1S/C19H20BrN3O2.C2H2O4/c1-23-16(13-7-9-15(20)10-8-13)12-22-19(23)21-11-14-5-4-6-17(24-2)18(14)25-3;3-1(4)2(5)6/h4-10,12H,11H2,1-3H3,(H,21,22);(H,3,4)(H,5,6). The maximum atomic E-state index is 9.10. The number of hydrogen-bond donors (Lipinski definition) is 3. The van der Waals surface area contributed by atoms with Crippen molar-refractivity contribution in [2.75, 3.05) is 19.5 Å². The van der Waals surface area contributed by atoms with Gasteiger partial charge in [0.1, 0.15) is 0 Å². The van der Waals surface area contributed by atoms with E-state index in [2.05, 4.69) is 38.4 Å². The molecular weight excluding hydrogens is 470 g/mol. The summed E-state index contributed by atoms with van der Waals surface area (Å²) in [6, 6.07) is 14.0. The Morgan fingerprint density at radius 2 is 1.71 bits per heavy atom. The normalized spacial score (nSPS) is 9.94. The van der Waals surface area contributed by atoms with Gasteiger partial charge >= 0.3 is 11.9 Å². The molecule has 0 radical (unpaired) electrons. The van der Waals surface area contributed by atoms with Gasteiger partial charge in [0, 0.05) is 23.6 Å². The molecule has 3 N–H and O–H groups in total. The highest BCUT2D eigenvalue weighted by atomic mass is 79.9. The highest BCUT2D eigenvalue weighted by molar-refractivity contribution is 9.10. The Hall–Kier alpha value is -3.53. The maximum Gasteiger partial charge on any atom is 0.414 e. The van der Waals surface area contributed by atoms with Gasteiger partial charge in [0.2, 0.25) is 5.95 Å². The molecule has 10 heteroatoms. The van der Waals surface area contributed by atoms with E-state index in [0.29, 0.717) is 6.54 Å². The fourth-order valence-corrected chi connectivity index (χ4v) is 2.99. The lowest BCUT2D eigenvalue weighted by molar-refractivity contribution is -0.159. The highest BCUT2D eigenvalue weighted by Gasteiger charge is 2.12. The Bertz CT molecular complexity index is 1040. The zero-order valence-electron chi connectivity index (χ0n) is 17.1. The third-order valence-corrected chi connectivity index (χ3v) is 4.76. The molecule has 0 aliphatic rings. The lowest BCUT2D eigenvalue weighted by Gasteiger charge is -2.14. The number of ether oxygens (including phenoxy) is 2. The average Bonchev–Trinajstić information content (AvgIpc) is 3.13. The number of rotatable bonds is 6. The van der Waals surface area contributed by atoms with Gasteiger partial charge in [-0.2, -0.15) is 0 Å². The third-order valence-electron chi connectivity index (χ3n) is 4.23. The van der Waals surface area contributed by atoms with Crippen LogP contribution in [0.15, 0.2) is 53.1 Å². The first-order valence-electron chi connectivity index (χ1n) is 8.96. The van der Waals surface area contributed by atoms with Crippen LogP contribution in [0.3, 0.4) is 0 Å². The fourth-order valence-electron chi connectivity index (χ4n) is 2.73. The Morgan fingerprint density at radius 3 is 2.26 bits per heavy atom. The van der Waals surface area contributed by atoms with Crippen LogP contribution in [0.2, 0.25) is 0 Å². The van der Waals surface area contributed by atoms with Crippen LogP contribution in [0.25, 0.3) is 11.3 Å². The minimum Gasteiger partial charge on any atom is -0.493 e. The van der Waals surface area contributed by atoms with Crippen LogP contribution in [-0.4, -0.2) is 45.9 Å². The van der Waals surface area contributed by atoms with Crippen LogP contribution in [0.4, 0.5) is 5.95 Å². The SMILES string of the molecule is COc1cccc(CNc2ncc(-c3ccc(Br)cc3)n2C)c1OC.O=C(O)C(=O)O. The second kappa shape index (κ2) is 11.0. The summed E-state index contributed by atoms with van der Waals surface area (Å²) in [6.45, 7) is 0.588. The number of anilines is 1. The van der Waals surface area contributed by atoms with Crippen LogP contribution in [-0.2, 0) is 23.2 Å². The summed E-state index contributed by atoms with van der Waals surface area (Å²) in [7, 11) is 5.28. The van der Waals surface area contributed by atoms with E-state index < -0.39 is 11.9 Å². The molecule has 9 nitrogen and oxygen atoms in total. The lowest BCUT2D eigenvalue weighted by Crippen LogP contribution is -2.09. The zero-order valence-corrected chi connectivity index (χ0v) is 18.7. The summed E-state index contributed by atoms with van der Waals surface area (Å²) in [5, 5.41) is 18.1. The number of imidazole rings is 1. The van der Waals surface area contributed by atoms with Gasteiger partial charge in [-0.3, -0.25) is 0 Å². The van der Waals surface area contributed by atoms with Gasteiger partial charge in [-0.25, -0.2) is 14.6 Å². The number of nitrogens with one attached hydrogen (secondary N) is 1. The monoisotopic (exact) mass is 491 g/mol. The van der Waals surface area contributed by atoms with Crippen LogP contribution >= 0.6 is 15.9 Å². The van der Waals surface area contributed by atoms with E-state index in [1.54, 1.807) is 14.2 Å². The minimum absolute atomic E-state index is 0.588. The van der Waals surface area contributed by atoms with Crippen LogP contribution in [0, 0.1) is 0 Å². The molecule has 0 saturated heterocycles. The smallest absolute Gasteiger partial charge is 0.414 e. The molecule has 0 saturated carbocycles. The highest BCUT2D eigenvalue weighted by Crippen LogP contribution is 2.31. The van der Waals surface area contributed by atoms with Crippen molar-refractivity contribution >= 4 is 33.8 Å². The molecule has 0 spiro atoms. The molecule has 2 aromatic carbocycles. The molecule has 0 amide bonds. The molecule has 3 aromatic rings. The first-order valence-corrected chi connectivity index (χ1v) is 9.75. The molecule has 0 bridgehead atoms. The fraction of sp³-hybridized carbons (Fsp3) is 0.190. The Kier molecular flexibility index (Phi) is 8.44. The predicted octanol–water partition coefficient (Wildman–Crippen LogP) is 3.63. The van der Waals surface area contributed by atoms with Crippen molar-refractivity contribution in [3.05, 3.63) is 58.7 Å². The first kappa shape index (κ1) is 23.7. The van der Waals surface area contributed by atoms with Gasteiger partial charge in [-0.15, -0.1) is 0 Å². The topological polar surface area (TPSA) is 123 Å². The molecule has 0 aliphatic carbocycles. The summed E-state index contributed by atoms with van der Waals surface area (Å²) in [4.78, 5) is 22.7. The lowest BCUT2D eigenvalue weighted by atomic mass is 10.2. The van der Waals surface area contributed by atoms with E-state index in [1.807, 2.05) is 48.1 Å². The van der Waals surface area contributed by atoms with Crippen molar-refractivity contribution < 1.29 is 29.3 Å². The van der Waals surface area contributed by atoms with E-state index in [-0.39, 0.29) is 0 Å². The van der Waals surface area contributed by atoms with Gasteiger partial charge in [-0.05, 0) is 23.8 Å². The van der Waals surface area contributed by atoms with Crippen molar-refractivity contribution in [2.45, 2.75) is 6.54 Å². The second-order valence-corrected chi connectivity index (χ2v) is 7.07. The summed E-state index contributed by atoms with van der Waals surface area (Å²) >= 11 is 3.46. The number of methoxy groups -OCH3 is 2. The third kappa shape index (κ3) is 6.22. The van der Waals surface area contributed by atoms with Crippen LogP contribution < -0.4 is 14.8 Å². The Balaban J connectivity index is 0.000000501. The number of carboxylic acids is 2. The maximum absolute atomic E-state index is 9.10. The van der Waals surface area contributed by atoms with Gasteiger partial charge in [0.15, 0.2) is 11.5 Å². The molecule has 164 valence electrons. The zero-order chi connectivity index (χ0) is 23.0. The summed E-state index contributed by atoms with van der Waals surface area (Å²) in [5.74, 6) is -1.40. The molecule has 3 rings (SSSR count). The minimum atomic E-state index is -1.82. The number of carboxylic acid groups (broad SMARTS) is 2. The van der Waals surface area contributed by atoms with Gasteiger partial charge in [-0.1, -0.05) is 40.2 Å². The molecule has 31 heavy (non-hydrogen) atoms. The molecule has 1 heterocycles. The molecule has 0 unspecified atom stereocenters. The number of para-hydroxylation sites is 1. The Labute approximate surface area is 187 Å². The number of halogens is 1. The van der Waals surface area contributed by atoms with Crippen molar-refractivity contribution in [1.82, 2.24) is 9.55 Å². The van der Waals surface area contributed by atoms with Crippen molar-refractivity contribution in [2.24, 2.45) is 7.05 Å². The number of aliphatic carboxylic acids is 2. The Morgan fingerprint density at radius 1 is 1.06 bits per heavy atom. The number of aromatic nitrogens is 2. The number of benzene rings is 2. The van der Waals surface area contributed by atoms with Crippen LogP contribution in [0.1, 0.15) is 5.56 Å². The quantitative estimate of drug-likeness (QED) is 0.446. The second-order valence-electron chi connectivity index (χ2n) is 6.15. The summed E-state index contributed by atoms with van der Waals surface area (Å²) in [6.07, 6.45) is 1.87. The van der Waals surface area contributed by atoms with E-state index in [9.17, 15) is 0 Å². The van der Waals surface area contributed by atoms with Crippen molar-refractivity contribution in [3.63, 3.8) is 0 Å². The largest absolute Gasteiger partial charge is 0.493 e. The molecule has 0 fully saturated rings. The van der Waals surface area contributed by atoms with Crippen molar-refractivity contribution in [1.29, 1.82) is 0 Å². The van der Waals surface area contributed by atoms with E-state index >= 15 is 0 Å². The van der Waals surface area contributed by atoms with Gasteiger partial charge in [0.05, 0.1) is 26.1 Å². The van der Waals surface area contributed by atoms with E-state index in [1.165, 1.54) is 0 Å². The summed E-state index contributed by atoms with van der Waals surface area (Å²) in [5.41, 5.74) is 3.17. The number of carbonyl (C=O) groups is 2. The van der Waals surface area contributed by atoms with Gasteiger partial charge in [0.25, 0.3) is 0 Å². The molecule has 0 aliphatic heterocycles. The number of nitrogens with zero attached hydrogens (tertiary/aromatic N) is 2. The number of hydrogen-bond acceptors (Lipinski definition) is 6. The molecule has 1 aromatic heterocycles. The van der Waals surface area contributed by atoms with Crippen molar-refractivity contribution in [3.8, 4) is 22.8 Å². The van der Waals surface area contributed by atoms with Crippen LogP contribution in [0.5, 0.6) is 11.5 Å². The summed E-state index contributed by atoms with van der Waals surface area (Å²) < 4.78 is 13.9. The first-order chi connectivity index (χ1) is 14.8. The van der Waals surface area contributed by atoms with Gasteiger partial charge < -0.3 is 29.6 Å². The average molecular weight is 492 g/mol. The molecule has 0 atom stereocenters. The van der Waals surface area contributed by atoms with E-state index in [4.69, 9.17) is 29.3 Å². The van der Waals surface area contributed by atoms with E-state index in [0.717, 1.165) is 38.7 Å². The molecular formula is C21H22BrN3O6. The predicted molar refractivity (Wildman–Crippen MR) is 118 cm³/mol.